The second-order valence-corrected chi connectivity index (χ2v) is 10.4. The third-order valence-electron chi connectivity index (χ3n) is 7.18. The Morgan fingerprint density at radius 3 is 2.66 bits per heavy atom. The van der Waals surface area contributed by atoms with Gasteiger partial charge < -0.3 is 9.55 Å². The summed E-state index contributed by atoms with van der Waals surface area (Å²) >= 11 is 12.3. The van der Waals surface area contributed by atoms with Crippen molar-refractivity contribution in [3.8, 4) is 28.1 Å². The van der Waals surface area contributed by atoms with Crippen molar-refractivity contribution in [1.82, 2.24) is 34.5 Å². The largest absolute Gasteiger partial charge is 0.317 e. The van der Waals surface area contributed by atoms with E-state index in [9.17, 15) is 13.6 Å². The van der Waals surface area contributed by atoms with Crippen molar-refractivity contribution in [3.63, 3.8) is 0 Å². The Morgan fingerprint density at radius 1 is 1.05 bits per heavy atom. The van der Waals surface area contributed by atoms with E-state index in [2.05, 4.69) is 25.3 Å². The normalized spacial score (nSPS) is 19.4. The van der Waals surface area contributed by atoms with E-state index in [0.29, 0.717) is 27.5 Å². The highest BCUT2D eigenvalue weighted by molar-refractivity contribution is 6.31. The molecule has 8 nitrogen and oxygen atoms in total. The standard InChI is InChI=1S/C26H17Cl2F2N7O/c1-11-2-4-14(24(29)31-11)22-25(30)33-26(32-22)23-17-9-16(17)19-6-12(7-21(38)37(19)23)15-8-13(27)3-5-18(15)36-10-20(28)34-35-36/h2-8,10,16-17,23H,9H2,1H3,(H,32,33). The highest BCUT2D eigenvalue weighted by Gasteiger charge is 2.54. The lowest BCUT2D eigenvalue weighted by Crippen LogP contribution is -2.26. The van der Waals surface area contributed by atoms with E-state index < -0.39 is 17.9 Å². The summed E-state index contributed by atoms with van der Waals surface area (Å²) in [5.74, 6) is -1.10. The topological polar surface area (TPSA) is 94.3 Å². The highest BCUT2D eigenvalue weighted by atomic mass is 35.5. The molecule has 2 aliphatic rings. The molecule has 5 heterocycles. The van der Waals surface area contributed by atoms with Gasteiger partial charge in [-0.3, -0.25) is 4.79 Å². The number of pyridine rings is 2. The number of rotatable bonds is 4. The first-order valence-corrected chi connectivity index (χ1v) is 12.6. The molecule has 12 heteroatoms. The molecular weight excluding hydrogens is 535 g/mol. The lowest BCUT2D eigenvalue weighted by molar-refractivity contribution is 0.504. The third kappa shape index (κ3) is 3.58. The fourth-order valence-corrected chi connectivity index (χ4v) is 5.75. The second-order valence-electron chi connectivity index (χ2n) is 9.55. The fourth-order valence-electron chi connectivity index (χ4n) is 5.45. The van der Waals surface area contributed by atoms with Crippen LogP contribution in [0.15, 0.2) is 53.5 Å². The summed E-state index contributed by atoms with van der Waals surface area (Å²) < 4.78 is 32.6. The molecule has 1 fully saturated rings. The number of imidazole rings is 1. The summed E-state index contributed by atoms with van der Waals surface area (Å²) in [6, 6.07) is 11.3. The summed E-state index contributed by atoms with van der Waals surface area (Å²) in [6.45, 7) is 1.65. The molecule has 1 N–H and O–H groups in total. The number of aromatic nitrogens is 7. The van der Waals surface area contributed by atoms with Gasteiger partial charge in [0.25, 0.3) is 5.56 Å². The van der Waals surface area contributed by atoms with Gasteiger partial charge in [0.1, 0.15) is 11.5 Å². The van der Waals surface area contributed by atoms with Gasteiger partial charge in [0, 0.05) is 34.0 Å². The number of H-pyrrole nitrogens is 1. The van der Waals surface area contributed by atoms with Gasteiger partial charge in [-0.05, 0) is 61.2 Å². The summed E-state index contributed by atoms with van der Waals surface area (Å²) in [5, 5.41) is 8.61. The Kier molecular flexibility index (Phi) is 5.08. The number of benzene rings is 1. The maximum absolute atomic E-state index is 14.9. The Labute approximate surface area is 223 Å². The molecule has 3 atom stereocenters. The molecule has 1 aromatic carbocycles. The number of aryl methyl sites for hydroxylation is 1. The Hall–Kier alpha value is -3.89. The van der Waals surface area contributed by atoms with Crippen LogP contribution in [0, 0.1) is 24.7 Å². The van der Waals surface area contributed by atoms with E-state index in [1.54, 1.807) is 42.0 Å². The quantitative estimate of drug-likeness (QED) is 0.298. The van der Waals surface area contributed by atoms with Crippen LogP contribution in [0.1, 0.15) is 35.6 Å². The predicted molar refractivity (Wildman–Crippen MR) is 137 cm³/mol. The second kappa shape index (κ2) is 8.31. The molecule has 0 spiro atoms. The number of halogens is 4. The van der Waals surface area contributed by atoms with Gasteiger partial charge >= 0.3 is 0 Å². The summed E-state index contributed by atoms with van der Waals surface area (Å²) in [4.78, 5) is 24.3. The zero-order chi connectivity index (χ0) is 26.3. The van der Waals surface area contributed by atoms with E-state index in [4.69, 9.17) is 23.2 Å². The van der Waals surface area contributed by atoms with Crippen LogP contribution in [-0.2, 0) is 0 Å². The fraction of sp³-hybridized carbons (Fsp3) is 0.192. The molecule has 4 aromatic heterocycles. The van der Waals surface area contributed by atoms with Gasteiger partial charge in [-0.1, -0.05) is 28.4 Å². The first-order valence-electron chi connectivity index (χ1n) is 11.8. The Balaban J connectivity index is 1.32. The van der Waals surface area contributed by atoms with Crippen molar-refractivity contribution in [2.24, 2.45) is 5.92 Å². The van der Waals surface area contributed by atoms with E-state index >= 15 is 0 Å². The van der Waals surface area contributed by atoms with Crippen LogP contribution in [0.2, 0.25) is 10.2 Å². The minimum Gasteiger partial charge on any atom is -0.317 e. The summed E-state index contributed by atoms with van der Waals surface area (Å²) in [5.41, 5.74) is 2.85. The Bertz CT molecular complexity index is 1830. The molecule has 7 rings (SSSR count). The van der Waals surface area contributed by atoms with Gasteiger partial charge in [0.05, 0.1) is 23.5 Å². The predicted octanol–water partition coefficient (Wildman–Crippen LogP) is 5.48. The SMILES string of the molecule is Cc1ccc(-c2nc(C3C4CC4c4cc(-c5cc(Cl)ccc5-n5cc(Cl)nn5)cc(=O)n43)[nH]c2F)c(F)n1. The lowest BCUT2D eigenvalue weighted by atomic mass is 10.0. The highest BCUT2D eigenvalue weighted by Crippen LogP contribution is 2.60. The number of hydrogen-bond donors (Lipinski definition) is 1. The van der Waals surface area contributed by atoms with Crippen molar-refractivity contribution in [2.75, 3.05) is 0 Å². The smallest absolute Gasteiger partial charge is 0.252 e. The molecule has 5 aromatic rings. The number of aromatic amines is 1. The zero-order valence-corrected chi connectivity index (χ0v) is 21.2. The monoisotopic (exact) mass is 551 g/mol. The van der Waals surface area contributed by atoms with Gasteiger partial charge in [0.15, 0.2) is 5.15 Å². The summed E-state index contributed by atoms with van der Waals surface area (Å²) in [6.07, 6.45) is 2.39. The van der Waals surface area contributed by atoms with Gasteiger partial charge in [-0.25, -0.2) is 14.6 Å². The van der Waals surface area contributed by atoms with Crippen LogP contribution in [0.4, 0.5) is 8.78 Å². The first-order chi connectivity index (χ1) is 18.3. The third-order valence-corrected chi connectivity index (χ3v) is 7.59. The van der Waals surface area contributed by atoms with Crippen molar-refractivity contribution in [2.45, 2.75) is 25.3 Å². The number of hydrogen-bond acceptors (Lipinski definition) is 5. The lowest BCUT2D eigenvalue weighted by Gasteiger charge is -2.17. The summed E-state index contributed by atoms with van der Waals surface area (Å²) in [7, 11) is 0. The Morgan fingerprint density at radius 2 is 1.89 bits per heavy atom. The molecule has 3 unspecified atom stereocenters. The molecule has 1 aliphatic heterocycles. The molecule has 0 amide bonds. The van der Waals surface area contributed by atoms with E-state index in [0.717, 1.165) is 12.1 Å². The van der Waals surface area contributed by atoms with Gasteiger partial charge in [0.2, 0.25) is 11.9 Å². The molecular formula is C26H17Cl2F2N7O. The maximum atomic E-state index is 14.9. The molecule has 0 radical (unpaired) electrons. The average Bonchev–Trinajstić information content (AvgIpc) is 3.19. The van der Waals surface area contributed by atoms with Crippen molar-refractivity contribution < 1.29 is 8.78 Å². The van der Waals surface area contributed by atoms with Crippen molar-refractivity contribution in [1.29, 1.82) is 0 Å². The van der Waals surface area contributed by atoms with Crippen LogP contribution < -0.4 is 5.56 Å². The maximum Gasteiger partial charge on any atom is 0.252 e. The van der Waals surface area contributed by atoms with Gasteiger partial charge in [-0.15, -0.1) is 5.10 Å². The van der Waals surface area contributed by atoms with Crippen LogP contribution in [0.25, 0.3) is 28.1 Å². The average molecular weight is 552 g/mol. The van der Waals surface area contributed by atoms with Crippen LogP contribution in [0.3, 0.4) is 0 Å². The molecule has 0 bridgehead atoms. The van der Waals surface area contributed by atoms with Crippen molar-refractivity contribution >= 4 is 23.2 Å². The van der Waals surface area contributed by atoms with E-state index in [-0.39, 0.29) is 39.6 Å². The van der Waals surface area contributed by atoms with Crippen molar-refractivity contribution in [3.05, 3.63) is 98.3 Å². The number of fused-ring (bicyclic) bond motifs is 3. The number of nitrogens with zero attached hydrogens (tertiary/aromatic N) is 6. The molecule has 1 aliphatic carbocycles. The van der Waals surface area contributed by atoms with Crippen LogP contribution in [-0.4, -0.2) is 34.5 Å². The number of nitrogens with one attached hydrogen (secondary N) is 1. The van der Waals surface area contributed by atoms with Crippen LogP contribution >= 0.6 is 23.2 Å². The molecule has 190 valence electrons. The molecule has 0 saturated heterocycles. The minimum atomic E-state index is -0.800. The minimum absolute atomic E-state index is 0.0365. The first kappa shape index (κ1) is 23.2. The zero-order valence-electron chi connectivity index (χ0n) is 19.7. The molecule has 1 saturated carbocycles. The molecule has 38 heavy (non-hydrogen) atoms. The van der Waals surface area contributed by atoms with Gasteiger partial charge in [-0.2, -0.15) is 8.78 Å². The van der Waals surface area contributed by atoms with E-state index in [1.165, 1.54) is 16.8 Å². The van der Waals surface area contributed by atoms with E-state index in [1.807, 2.05) is 6.07 Å². The van der Waals surface area contributed by atoms with Crippen LogP contribution in [0.5, 0.6) is 0 Å².